The first-order chi connectivity index (χ1) is 9.25. The maximum atomic E-state index is 11.6. The molecule has 0 aliphatic carbocycles. The van der Waals surface area contributed by atoms with Gasteiger partial charge in [-0.15, -0.1) is 0 Å². The van der Waals surface area contributed by atoms with Gasteiger partial charge in [-0.2, -0.15) is 0 Å². The Hall–Kier alpha value is -1.14. The van der Waals surface area contributed by atoms with Crippen LogP contribution < -0.4 is 10.6 Å². The van der Waals surface area contributed by atoms with E-state index in [1.807, 2.05) is 27.7 Å². The number of hydrogen-bond acceptors (Lipinski definition) is 4. The van der Waals surface area contributed by atoms with E-state index >= 15 is 0 Å². The third-order valence-corrected chi connectivity index (χ3v) is 2.88. The van der Waals surface area contributed by atoms with E-state index in [4.69, 9.17) is 0 Å². The summed E-state index contributed by atoms with van der Waals surface area (Å²) in [5.41, 5.74) is 0. The largest absolute Gasteiger partial charge is 0.380 e. The van der Waals surface area contributed by atoms with Gasteiger partial charge in [0, 0.05) is 13.1 Å². The molecule has 0 spiro atoms. The molecule has 0 fully saturated rings. The van der Waals surface area contributed by atoms with Crippen LogP contribution in [-0.4, -0.2) is 47.3 Å². The summed E-state index contributed by atoms with van der Waals surface area (Å²) in [5, 5.41) is 24.2. The Kier molecular flexibility index (Phi) is 9.16. The maximum absolute atomic E-state index is 11.6. The minimum atomic E-state index is -1.73. The molecule has 0 saturated heterocycles. The van der Waals surface area contributed by atoms with Gasteiger partial charge in [0.25, 0.3) is 11.8 Å². The number of carbonyl (C=O) groups is 2. The van der Waals surface area contributed by atoms with Crippen LogP contribution in [0.25, 0.3) is 0 Å². The molecule has 2 atom stereocenters. The van der Waals surface area contributed by atoms with Crippen molar-refractivity contribution in [3.05, 3.63) is 0 Å². The van der Waals surface area contributed by atoms with Crippen LogP contribution in [0.3, 0.4) is 0 Å². The average Bonchev–Trinajstić information content (AvgIpc) is 2.35. The zero-order valence-corrected chi connectivity index (χ0v) is 12.8. The lowest BCUT2D eigenvalue weighted by atomic mass is 10.1. The van der Waals surface area contributed by atoms with Gasteiger partial charge in [0.15, 0.2) is 12.2 Å². The summed E-state index contributed by atoms with van der Waals surface area (Å²) in [6, 6.07) is 0. The molecule has 0 unspecified atom stereocenters. The van der Waals surface area contributed by atoms with Crippen LogP contribution in [0.2, 0.25) is 0 Å². The van der Waals surface area contributed by atoms with Crippen molar-refractivity contribution in [3.8, 4) is 0 Å². The molecular weight excluding hydrogens is 260 g/mol. The summed E-state index contributed by atoms with van der Waals surface area (Å²) in [7, 11) is 0. The van der Waals surface area contributed by atoms with Crippen molar-refractivity contribution in [2.75, 3.05) is 13.1 Å². The predicted molar refractivity (Wildman–Crippen MR) is 76.9 cm³/mol. The van der Waals surface area contributed by atoms with Gasteiger partial charge in [-0.3, -0.25) is 9.59 Å². The van der Waals surface area contributed by atoms with Crippen LogP contribution in [0, 0.1) is 11.8 Å². The highest BCUT2D eigenvalue weighted by Gasteiger charge is 2.29. The fourth-order valence-corrected chi connectivity index (χ4v) is 1.46. The lowest BCUT2D eigenvalue weighted by molar-refractivity contribution is -0.146. The third-order valence-electron chi connectivity index (χ3n) is 2.88. The molecule has 0 bridgehead atoms. The van der Waals surface area contributed by atoms with Crippen LogP contribution in [0.4, 0.5) is 0 Å². The van der Waals surface area contributed by atoms with E-state index in [9.17, 15) is 19.8 Å². The topological polar surface area (TPSA) is 98.7 Å². The van der Waals surface area contributed by atoms with Crippen molar-refractivity contribution in [1.82, 2.24) is 10.6 Å². The molecule has 4 N–H and O–H groups in total. The van der Waals surface area contributed by atoms with Gasteiger partial charge in [0.2, 0.25) is 0 Å². The van der Waals surface area contributed by atoms with Gasteiger partial charge >= 0.3 is 0 Å². The lowest BCUT2D eigenvalue weighted by Gasteiger charge is -2.17. The van der Waals surface area contributed by atoms with Crippen LogP contribution in [0.1, 0.15) is 40.5 Å². The number of aliphatic hydroxyl groups excluding tert-OH is 2. The quantitative estimate of drug-likeness (QED) is 0.481. The lowest BCUT2D eigenvalue weighted by Crippen LogP contribution is -2.49. The normalized spacial score (nSPS) is 14.2. The molecule has 0 aromatic carbocycles. The second kappa shape index (κ2) is 9.72. The summed E-state index contributed by atoms with van der Waals surface area (Å²) in [4.78, 5) is 23.1. The van der Waals surface area contributed by atoms with Crippen molar-refractivity contribution < 1.29 is 19.8 Å². The standard InChI is InChI=1S/C14H28N2O4/c1-9(2)5-7-15-13(19)11(17)12(18)14(20)16-8-6-10(3)4/h9-12,17-18H,5-8H2,1-4H3,(H,15,19)(H,16,20)/t11-,12-/m1/s1. The van der Waals surface area contributed by atoms with Crippen molar-refractivity contribution >= 4 is 11.8 Å². The van der Waals surface area contributed by atoms with E-state index in [2.05, 4.69) is 10.6 Å². The van der Waals surface area contributed by atoms with Crippen LogP contribution in [-0.2, 0) is 9.59 Å². The van der Waals surface area contributed by atoms with E-state index in [1.54, 1.807) is 0 Å². The van der Waals surface area contributed by atoms with E-state index in [1.165, 1.54) is 0 Å². The Morgan fingerprint density at radius 3 is 1.35 bits per heavy atom. The highest BCUT2D eigenvalue weighted by Crippen LogP contribution is 2.00. The molecule has 2 amide bonds. The van der Waals surface area contributed by atoms with Gasteiger partial charge in [-0.1, -0.05) is 27.7 Å². The molecular formula is C14H28N2O4. The van der Waals surface area contributed by atoms with Crippen molar-refractivity contribution in [2.45, 2.75) is 52.7 Å². The Bertz CT molecular complexity index is 276. The van der Waals surface area contributed by atoms with Crippen molar-refractivity contribution in [2.24, 2.45) is 11.8 Å². The Balaban J connectivity index is 4.07. The summed E-state index contributed by atoms with van der Waals surface area (Å²) < 4.78 is 0. The summed E-state index contributed by atoms with van der Waals surface area (Å²) >= 11 is 0. The number of nitrogens with one attached hydrogen (secondary N) is 2. The average molecular weight is 288 g/mol. The van der Waals surface area contributed by atoms with E-state index in [0.717, 1.165) is 12.8 Å². The van der Waals surface area contributed by atoms with Crippen molar-refractivity contribution in [1.29, 1.82) is 0 Å². The number of hydrogen-bond donors (Lipinski definition) is 4. The summed E-state index contributed by atoms with van der Waals surface area (Å²) in [6.07, 6.45) is -1.92. The third kappa shape index (κ3) is 8.12. The van der Waals surface area contributed by atoms with Gasteiger partial charge in [0.05, 0.1) is 0 Å². The van der Waals surface area contributed by atoms with E-state index in [-0.39, 0.29) is 0 Å². The molecule has 0 aromatic heterocycles. The maximum Gasteiger partial charge on any atom is 0.252 e. The highest BCUT2D eigenvalue weighted by atomic mass is 16.3. The Morgan fingerprint density at radius 2 is 1.10 bits per heavy atom. The van der Waals surface area contributed by atoms with Gasteiger partial charge in [0.1, 0.15) is 0 Å². The molecule has 6 heteroatoms. The second-order valence-electron chi connectivity index (χ2n) is 5.84. The molecule has 0 aliphatic rings. The van der Waals surface area contributed by atoms with Crippen LogP contribution >= 0.6 is 0 Å². The zero-order valence-electron chi connectivity index (χ0n) is 12.8. The van der Waals surface area contributed by atoms with Crippen molar-refractivity contribution in [3.63, 3.8) is 0 Å². The molecule has 20 heavy (non-hydrogen) atoms. The highest BCUT2D eigenvalue weighted by molar-refractivity contribution is 5.90. The molecule has 6 nitrogen and oxygen atoms in total. The van der Waals surface area contributed by atoms with Crippen LogP contribution in [0.5, 0.6) is 0 Å². The molecule has 0 radical (unpaired) electrons. The fourth-order valence-electron chi connectivity index (χ4n) is 1.46. The van der Waals surface area contributed by atoms with E-state index < -0.39 is 24.0 Å². The number of amides is 2. The van der Waals surface area contributed by atoms with Crippen LogP contribution in [0.15, 0.2) is 0 Å². The second-order valence-corrected chi connectivity index (χ2v) is 5.84. The monoisotopic (exact) mass is 288 g/mol. The Labute approximate surface area is 120 Å². The van der Waals surface area contributed by atoms with Gasteiger partial charge in [-0.05, 0) is 24.7 Å². The fraction of sp³-hybridized carbons (Fsp3) is 0.857. The minimum Gasteiger partial charge on any atom is -0.380 e. The molecule has 0 saturated carbocycles. The molecule has 0 aliphatic heterocycles. The smallest absolute Gasteiger partial charge is 0.252 e. The molecule has 0 heterocycles. The molecule has 0 rings (SSSR count). The summed E-state index contributed by atoms with van der Waals surface area (Å²) in [6.45, 7) is 8.88. The number of rotatable bonds is 9. The zero-order chi connectivity index (χ0) is 15.7. The molecule has 118 valence electrons. The Morgan fingerprint density at radius 1 is 0.800 bits per heavy atom. The number of carbonyl (C=O) groups excluding carboxylic acids is 2. The first-order valence-electron chi connectivity index (χ1n) is 7.17. The SMILES string of the molecule is CC(C)CCNC(=O)[C@H](O)[C@@H](O)C(=O)NCCC(C)C. The van der Waals surface area contributed by atoms with E-state index in [0.29, 0.717) is 24.9 Å². The van der Waals surface area contributed by atoms with Gasteiger partial charge in [-0.25, -0.2) is 0 Å². The first-order valence-corrected chi connectivity index (χ1v) is 7.17. The van der Waals surface area contributed by atoms with Gasteiger partial charge < -0.3 is 20.8 Å². The number of aliphatic hydroxyl groups is 2. The molecule has 0 aromatic rings. The minimum absolute atomic E-state index is 0.412. The first kappa shape index (κ1) is 18.9. The summed E-state index contributed by atoms with van der Waals surface area (Å²) in [5.74, 6) is -0.595. The predicted octanol–water partition coefficient (Wildman–Crippen LogP) is 0.0328.